The second kappa shape index (κ2) is 7.01. The zero-order valence-corrected chi connectivity index (χ0v) is 14.5. The van der Waals surface area contributed by atoms with Gasteiger partial charge in [0.2, 0.25) is 0 Å². The molecule has 1 aliphatic heterocycles. The molecule has 1 aliphatic rings. The fourth-order valence-corrected chi connectivity index (χ4v) is 2.82. The van der Waals surface area contributed by atoms with E-state index in [-0.39, 0.29) is 5.91 Å². The number of carbonyl (C=O) groups excluding carboxylic acids is 1. The van der Waals surface area contributed by atoms with Gasteiger partial charge in [-0.25, -0.2) is 0 Å². The van der Waals surface area contributed by atoms with E-state index < -0.39 is 0 Å². The van der Waals surface area contributed by atoms with E-state index in [0.29, 0.717) is 5.69 Å². The zero-order chi connectivity index (χ0) is 17.1. The number of hydrogen-bond acceptors (Lipinski definition) is 4. The zero-order valence-electron chi connectivity index (χ0n) is 14.5. The third-order valence-corrected chi connectivity index (χ3v) is 4.44. The molecule has 1 fully saturated rings. The number of pyridine rings is 1. The number of aryl methyl sites for hydroxylation is 2. The summed E-state index contributed by atoms with van der Waals surface area (Å²) < 4.78 is 0. The van der Waals surface area contributed by atoms with E-state index in [4.69, 9.17) is 0 Å². The van der Waals surface area contributed by atoms with Gasteiger partial charge in [0.05, 0.1) is 0 Å². The minimum atomic E-state index is 0.00714. The highest BCUT2D eigenvalue weighted by atomic mass is 16.2. The first-order valence-corrected chi connectivity index (χ1v) is 8.31. The summed E-state index contributed by atoms with van der Waals surface area (Å²) in [4.78, 5) is 21.0. The van der Waals surface area contributed by atoms with Crippen molar-refractivity contribution in [3.63, 3.8) is 0 Å². The molecule has 3 rings (SSSR count). The van der Waals surface area contributed by atoms with Crippen molar-refractivity contribution in [2.45, 2.75) is 13.8 Å². The molecule has 2 aromatic rings. The summed E-state index contributed by atoms with van der Waals surface area (Å²) in [5.74, 6) is 0.00714. The Kier molecular flexibility index (Phi) is 4.81. The van der Waals surface area contributed by atoms with Gasteiger partial charge in [0.15, 0.2) is 0 Å². The summed E-state index contributed by atoms with van der Waals surface area (Å²) in [6, 6.07) is 10.0. The van der Waals surface area contributed by atoms with Crippen LogP contribution in [0.5, 0.6) is 0 Å². The van der Waals surface area contributed by atoms with Crippen molar-refractivity contribution in [1.29, 1.82) is 0 Å². The van der Waals surface area contributed by atoms with Crippen LogP contribution in [0.4, 0.5) is 11.4 Å². The lowest BCUT2D eigenvalue weighted by molar-refractivity contribution is 0.0658. The molecule has 1 aromatic heterocycles. The maximum Gasteiger partial charge on any atom is 0.272 e. The third-order valence-electron chi connectivity index (χ3n) is 4.44. The van der Waals surface area contributed by atoms with Crippen LogP contribution in [0.1, 0.15) is 21.6 Å². The molecule has 2 heterocycles. The van der Waals surface area contributed by atoms with Gasteiger partial charge in [-0.2, -0.15) is 0 Å². The van der Waals surface area contributed by atoms with Gasteiger partial charge < -0.3 is 15.1 Å². The molecule has 0 radical (unpaired) electrons. The van der Waals surface area contributed by atoms with Crippen molar-refractivity contribution >= 4 is 17.3 Å². The monoisotopic (exact) mass is 324 g/mol. The number of nitrogens with zero attached hydrogens (tertiary/aromatic N) is 3. The average Bonchev–Trinajstić information content (AvgIpc) is 2.58. The van der Waals surface area contributed by atoms with Crippen LogP contribution in [0.25, 0.3) is 0 Å². The number of benzene rings is 1. The molecule has 0 unspecified atom stereocenters. The first-order chi connectivity index (χ1) is 11.5. The van der Waals surface area contributed by atoms with Crippen molar-refractivity contribution in [2.75, 3.05) is 38.5 Å². The number of rotatable bonds is 3. The van der Waals surface area contributed by atoms with Crippen molar-refractivity contribution < 1.29 is 4.79 Å². The Balaban J connectivity index is 1.76. The van der Waals surface area contributed by atoms with Crippen molar-refractivity contribution in [1.82, 2.24) is 14.8 Å². The number of nitrogens with one attached hydrogen (secondary N) is 1. The Bertz CT molecular complexity index is 736. The van der Waals surface area contributed by atoms with E-state index in [1.54, 1.807) is 6.20 Å². The van der Waals surface area contributed by atoms with Crippen molar-refractivity contribution in [3.05, 3.63) is 53.3 Å². The van der Waals surface area contributed by atoms with Gasteiger partial charge in [-0.1, -0.05) is 12.1 Å². The molecule has 0 spiro atoms. The number of anilines is 2. The molecule has 1 saturated heterocycles. The predicted octanol–water partition coefficient (Wildman–Crippen LogP) is 2.83. The molecule has 126 valence electrons. The van der Waals surface area contributed by atoms with Crippen LogP contribution < -0.4 is 5.32 Å². The molecule has 0 saturated carbocycles. The van der Waals surface area contributed by atoms with Crippen LogP contribution in [-0.2, 0) is 0 Å². The fraction of sp³-hybridized carbons (Fsp3) is 0.368. The van der Waals surface area contributed by atoms with E-state index in [1.165, 1.54) is 11.1 Å². The summed E-state index contributed by atoms with van der Waals surface area (Å²) in [7, 11) is 2.08. The minimum absolute atomic E-state index is 0.00714. The number of carbonyl (C=O) groups is 1. The van der Waals surface area contributed by atoms with Crippen LogP contribution in [0.2, 0.25) is 0 Å². The summed E-state index contributed by atoms with van der Waals surface area (Å²) >= 11 is 0. The van der Waals surface area contributed by atoms with Gasteiger partial charge in [0, 0.05) is 43.8 Å². The van der Waals surface area contributed by atoms with E-state index in [0.717, 1.165) is 37.6 Å². The van der Waals surface area contributed by atoms with E-state index >= 15 is 0 Å². The predicted molar refractivity (Wildman–Crippen MR) is 96.8 cm³/mol. The van der Waals surface area contributed by atoms with E-state index in [9.17, 15) is 4.79 Å². The van der Waals surface area contributed by atoms with Crippen molar-refractivity contribution in [2.24, 2.45) is 0 Å². The molecular formula is C19H24N4O. The fourth-order valence-electron chi connectivity index (χ4n) is 2.82. The number of aromatic nitrogens is 1. The molecule has 1 aromatic carbocycles. The normalized spacial score (nSPS) is 15.4. The highest BCUT2D eigenvalue weighted by Crippen LogP contribution is 2.22. The molecule has 5 heteroatoms. The number of likely N-dealkylation sites (N-methyl/N-ethyl adjacent to an activating group) is 1. The molecule has 1 amide bonds. The topological polar surface area (TPSA) is 48.5 Å². The standard InChI is InChI=1S/C19H24N4O/c1-14-4-5-15(2)17(12-14)21-16-6-7-20-18(13-16)19(24)23-10-8-22(3)9-11-23/h4-7,12-13H,8-11H2,1-3H3,(H,20,21). The van der Waals surface area contributed by atoms with Gasteiger partial charge in [0.1, 0.15) is 5.69 Å². The lowest BCUT2D eigenvalue weighted by Crippen LogP contribution is -2.47. The Morgan fingerprint density at radius 2 is 1.83 bits per heavy atom. The number of hydrogen-bond donors (Lipinski definition) is 1. The van der Waals surface area contributed by atoms with Crippen LogP contribution in [0.15, 0.2) is 36.5 Å². The molecule has 0 bridgehead atoms. The third kappa shape index (κ3) is 3.74. The lowest BCUT2D eigenvalue weighted by Gasteiger charge is -2.32. The summed E-state index contributed by atoms with van der Waals surface area (Å²) in [5, 5.41) is 3.40. The Morgan fingerprint density at radius 1 is 1.08 bits per heavy atom. The molecule has 0 aliphatic carbocycles. The Labute approximate surface area is 143 Å². The average molecular weight is 324 g/mol. The summed E-state index contributed by atoms with van der Waals surface area (Å²) in [6.45, 7) is 7.47. The van der Waals surface area contributed by atoms with Gasteiger partial charge >= 0.3 is 0 Å². The van der Waals surface area contributed by atoms with Crippen molar-refractivity contribution in [3.8, 4) is 0 Å². The van der Waals surface area contributed by atoms with E-state index in [1.807, 2.05) is 17.0 Å². The summed E-state index contributed by atoms with van der Waals surface area (Å²) in [5.41, 5.74) is 4.81. The SMILES string of the molecule is Cc1ccc(C)c(Nc2ccnc(C(=O)N3CCN(C)CC3)c2)c1. The molecule has 5 nitrogen and oxygen atoms in total. The number of piperazine rings is 1. The maximum absolute atomic E-state index is 12.6. The smallest absolute Gasteiger partial charge is 0.272 e. The molecule has 1 N–H and O–H groups in total. The van der Waals surface area contributed by atoms with Gasteiger partial charge in [-0.3, -0.25) is 9.78 Å². The molecule has 24 heavy (non-hydrogen) atoms. The summed E-state index contributed by atoms with van der Waals surface area (Å²) in [6.07, 6.45) is 1.69. The van der Waals surface area contributed by atoms with Gasteiger partial charge in [-0.15, -0.1) is 0 Å². The Hall–Kier alpha value is -2.40. The quantitative estimate of drug-likeness (QED) is 0.943. The highest BCUT2D eigenvalue weighted by molar-refractivity contribution is 5.93. The largest absolute Gasteiger partial charge is 0.355 e. The first-order valence-electron chi connectivity index (χ1n) is 8.31. The van der Waals surface area contributed by atoms with Crippen LogP contribution in [0, 0.1) is 13.8 Å². The lowest BCUT2D eigenvalue weighted by atomic mass is 10.1. The molecular weight excluding hydrogens is 300 g/mol. The van der Waals surface area contributed by atoms with Crippen LogP contribution >= 0.6 is 0 Å². The molecule has 0 atom stereocenters. The second-order valence-corrected chi connectivity index (χ2v) is 6.47. The Morgan fingerprint density at radius 3 is 2.58 bits per heavy atom. The minimum Gasteiger partial charge on any atom is -0.355 e. The van der Waals surface area contributed by atoms with Crippen LogP contribution in [0.3, 0.4) is 0 Å². The number of amides is 1. The van der Waals surface area contributed by atoms with Crippen LogP contribution in [-0.4, -0.2) is 53.9 Å². The van der Waals surface area contributed by atoms with E-state index in [2.05, 4.69) is 54.3 Å². The highest BCUT2D eigenvalue weighted by Gasteiger charge is 2.21. The second-order valence-electron chi connectivity index (χ2n) is 6.47. The van der Waals surface area contributed by atoms with Gasteiger partial charge in [0.25, 0.3) is 5.91 Å². The first kappa shape index (κ1) is 16.5. The maximum atomic E-state index is 12.6. The van der Waals surface area contributed by atoms with Gasteiger partial charge in [-0.05, 0) is 50.2 Å².